The second kappa shape index (κ2) is 8.17. The molecule has 1 fully saturated rings. The van der Waals surface area contributed by atoms with Crippen LogP contribution in [0.1, 0.15) is 50.8 Å². The number of carbonyl (C=O) groups is 1. The van der Waals surface area contributed by atoms with Crippen molar-refractivity contribution in [2.75, 3.05) is 18.0 Å². The number of thiol groups is 1. The standard InChI is InChI=1S/C25H29N5O2S/c1-24(2,3)32-23(31)29-21-17-7-5-4-6-16(17)14-25(21)10-12-30(13-11-25)19-15-26-22-18(27-19)8-9-20(33)28-22/h4-9,15,21H,10-14H2,1-3H3,(H,29,31)(H,26,28,33)/t21-/m1/s1. The smallest absolute Gasteiger partial charge is 0.408 e. The van der Waals surface area contributed by atoms with Gasteiger partial charge in [0.05, 0.1) is 17.3 Å². The topological polar surface area (TPSA) is 80.2 Å². The van der Waals surface area contributed by atoms with Crippen LogP contribution < -0.4 is 10.2 Å². The number of aromatic nitrogens is 3. The van der Waals surface area contributed by atoms with Gasteiger partial charge < -0.3 is 15.0 Å². The molecule has 7 nitrogen and oxygen atoms in total. The maximum absolute atomic E-state index is 12.7. The number of anilines is 1. The Hall–Kier alpha value is -2.87. The Labute approximate surface area is 199 Å². The largest absolute Gasteiger partial charge is 0.444 e. The molecule has 1 aliphatic carbocycles. The predicted octanol–water partition coefficient (Wildman–Crippen LogP) is 4.72. The first kappa shape index (κ1) is 21.9. The summed E-state index contributed by atoms with van der Waals surface area (Å²) in [5, 5.41) is 3.85. The number of hydrogen-bond donors (Lipinski definition) is 2. The summed E-state index contributed by atoms with van der Waals surface area (Å²) in [6.45, 7) is 7.36. The Morgan fingerprint density at radius 3 is 2.67 bits per heavy atom. The Morgan fingerprint density at radius 1 is 1.15 bits per heavy atom. The Bertz CT molecular complexity index is 1200. The van der Waals surface area contributed by atoms with Gasteiger partial charge in [-0.05, 0) is 63.3 Å². The molecule has 1 N–H and O–H groups in total. The second-order valence-electron chi connectivity index (χ2n) is 10.0. The fraction of sp³-hybridized carbons (Fsp3) is 0.440. The van der Waals surface area contributed by atoms with E-state index in [9.17, 15) is 4.79 Å². The molecule has 2 aromatic heterocycles. The van der Waals surface area contributed by atoms with Crippen molar-refractivity contribution in [3.8, 4) is 0 Å². The lowest BCUT2D eigenvalue weighted by Crippen LogP contribution is -2.47. The van der Waals surface area contributed by atoms with Crippen molar-refractivity contribution >= 4 is 35.7 Å². The highest BCUT2D eigenvalue weighted by atomic mass is 32.1. The average Bonchev–Trinajstić information content (AvgIpc) is 3.05. The lowest BCUT2D eigenvalue weighted by Gasteiger charge is -2.43. The highest BCUT2D eigenvalue weighted by molar-refractivity contribution is 7.80. The number of pyridine rings is 1. The molecule has 3 aromatic rings. The molecule has 1 saturated heterocycles. The summed E-state index contributed by atoms with van der Waals surface area (Å²) in [4.78, 5) is 28.6. The van der Waals surface area contributed by atoms with Crippen LogP contribution in [0.3, 0.4) is 0 Å². The fourth-order valence-corrected chi connectivity index (χ4v) is 5.30. The first-order valence-electron chi connectivity index (χ1n) is 11.4. The molecule has 172 valence electrons. The Kier molecular flexibility index (Phi) is 5.43. The van der Waals surface area contributed by atoms with Crippen LogP contribution >= 0.6 is 12.6 Å². The van der Waals surface area contributed by atoms with Gasteiger partial charge in [0.1, 0.15) is 16.9 Å². The molecular weight excluding hydrogens is 434 g/mol. The molecule has 8 heteroatoms. The van der Waals surface area contributed by atoms with Gasteiger partial charge in [-0.1, -0.05) is 24.3 Å². The predicted molar refractivity (Wildman–Crippen MR) is 131 cm³/mol. The lowest BCUT2D eigenvalue weighted by molar-refractivity contribution is 0.0428. The molecule has 1 atom stereocenters. The number of piperidine rings is 1. The van der Waals surface area contributed by atoms with E-state index in [1.54, 1.807) is 6.20 Å². The summed E-state index contributed by atoms with van der Waals surface area (Å²) in [7, 11) is 0. The molecule has 1 amide bonds. The quantitative estimate of drug-likeness (QED) is 0.535. The highest BCUT2D eigenvalue weighted by Gasteiger charge is 2.48. The Balaban J connectivity index is 1.36. The van der Waals surface area contributed by atoms with Gasteiger partial charge in [0.2, 0.25) is 0 Å². The number of ether oxygens (including phenoxy) is 1. The van der Waals surface area contributed by atoms with Crippen molar-refractivity contribution in [1.82, 2.24) is 20.3 Å². The van der Waals surface area contributed by atoms with Crippen molar-refractivity contribution < 1.29 is 9.53 Å². The fourth-order valence-electron chi connectivity index (χ4n) is 5.13. The molecule has 5 rings (SSSR count). The van der Waals surface area contributed by atoms with Crippen molar-refractivity contribution in [2.24, 2.45) is 5.41 Å². The zero-order valence-corrected chi connectivity index (χ0v) is 20.1. The van der Waals surface area contributed by atoms with Crippen LogP contribution in [0, 0.1) is 5.41 Å². The summed E-state index contributed by atoms with van der Waals surface area (Å²) in [5.74, 6) is 0.859. The number of amides is 1. The number of fused-ring (bicyclic) bond motifs is 2. The summed E-state index contributed by atoms with van der Waals surface area (Å²) < 4.78 is 5.60. The third kappa shape index (κ3) is 4.36. The highest BCUT2D eigenvalue weighted by Crippen LogP contribution is 2.52. The van der Waals surface area contributed by atoms with Gasteiger partial charge in [-0.2, -0.15) is 0 Å². The third-order valence-electron chi connectivity index (χ3n) is 6.64. The lowest BCUT2D eigenvalue weighted by atomic mass is 9.72. The van der Waals surface area contributed by atoms with Gasteiger partial charge in [-0.25, -0.2) is 19.7 Å². The number of alkyl carbamates (subject to hydrolysis) is 1. The molecule has 0 unspecified atom stereocenters. The van der Waals surface area contributed by atoms with E-state index in [1.165, 1.54) is 11.1 Å². The summed E-state index contributed by atoms with van der Waals surface area (Å²) in [5.41, 5.74) is 3.32. The van der Waals surface area contributed by atoms with Gasteiger partial charge in [0.25, 0.3) is 0 Å². The molecule has 1 spiro atoms. The van der Waals surface area contributed by atoms with Crippen molar-refractivity contribution in [1.29, 1.82) is 0 Å². The maximum Gasteiger partial charge on any atom is 0.408 e. The van der Waals surface area contributed by atoms with Gasteiger partial charge in [-0.15, -0.1) is 12.6 Å². The van der Waals surface area contributed by atoms with E-state index in [0.29, 0.717) is 10.7 Å². The van der Waals surface area contributed by atoms with Gasteiger partial charge in [0, 0.05) is 18.5 Å². The van der Waals surface area contributed by atoms with Crippen molar-refractivity contribution in [2.45, 2.75) is 56.7 Å². The van der Waals surface area contributed by atoms with Crippen LogP contribution in [0.5, 0.6) is 0 Å². The molecule has 0 saturated carbocycles. The van der Waals surface area contributed by atoms with E-state index in [1.807, 2.05) is 39.0 Å². The first-order chi connectivity index (χ1) is 15.7. The average molecular weight is 464 g/mol. The Morgan fingerprint density at radius 2 is 1.91 bits per heavy atom. The van der Waals surface area contributed by atoms with Crippen LogP contribution in [-0.4, -0.2) is 39.7 Å². The van der Waals surface area contributed by atoms with Gasteiger partial charge in [-0.3, -0.25) is 0 Å². The molecule has 0 bridgehead atoms. The van der Waals surface area contributed by atoms with E-state index in [4.69, 9.17) is 9.72 Å². The van der Waals surface area contributed by atoms with Crippen LogP contribution in [-0.2, 0) is 11.2 Å². The second-order valence-corrected chi connectivity index (χ2v) is 10.5. The van der Waals surface area contributed by atoms with Crippen LogP contribution in [0.15, 0.2) is 47.6 Å². The van der Waals surface area contributed by atoms with Gasteiger partial charge in [0.15, 0.2) is 5.65 Å². The van der Waals surface area contributed by atoms with E-state index in [0.717, 1.165) is 43.7 Å². The van der Waals surface area contributed by atoms with Crippen molar-refractivity contribution in [3.05, 3.63) is 53.7 Å². The minimum Gasteiger partial charge on any atom is -0.444 e. The van der Waals surface area contributed by atoms with Crippen LogP contribution in [0.25, 0.3) is 11.2 Å². The summed E-state index contributed by atoms with van der Waals surface area (Å²) >= 11 is 4.28. The van der Waals surface area contributed by atoms with E-state index >= 15 is 0 Å². The molecule has 1 aromatic carbocycles. The summed E-state index contributed by atoms with van der Waals surface area (Å²) in [6, 6.07) is 12.1. The molecule has 1 aliphatic heterocycles. The third-order valence-corrected chi connectivity index (χ3v) is 6.89. The molecule has 2 aliphatic rings. The minimum atomic E-state index is -0.532. The van der Waals surface area contributed by atoms with Gasteiger partial charge >= 0.3 is 6.09 Å². The van der Waals surface area contributed by atoms with E-state index in [2.05, 4.69) is 51.0 Å². The molecular formula is C25H29N5O2S. The molecule has 0 radical (unpaired) electrons. The number of carbonyl (C=O) groups excluding carboxylic acids is 1. The maximum atomic E-state index is 12.7. The SMILES string of the molecule is CC(C)(C)OC(=O)N[C@@H]1c2ccccc2CC12CCN(c1cnc3nc(S)ccc3n1)CC2. The minimum absolute atomic E-state index is 0.0378. The van der Waals surface area contributed by atoms with Crippen molar-refractivity contribution in [3.63, 3.8) is 0 Å². The van der Waals surface area contributed by atoms with Crippen LogP contribution in [0.4, 0.5) is 10.6 Å². The molecule has 3 heterocycles. The number of nitrogens with one attached hydrogen (secondary N) is 1. The number of rotatable bonds is 2. The normalized spacial score (nSPS) is 19.5. The number of nitrogens with zero attached hydrogens (tertiary/aromatic N) is 4. The monoisotopic (exact) mass is 463 g/mol. The molecule has 33 heavy (non-hydrogen) atoms. The first-order valence-corrected chi connectivity index (χ1v) is 11.8. The zero-order valence-electron chi connectivity index (χ0n) is 19.2. The summed E-state index contributed by atoms with van der Waals surface area (Å²) in [6.07, 6.45) is 4.27. The van der Waals surface area contributed by atoms with Crippen LogP contribution in [0.2, 0.25) is 0 Å². The zero-order chi connectivity index (χ0) is 23.2. The number of hydrogen-bond acceptors (Lipinski definition) is 7. The van der Waals surface area contributed by atoms with E-state index in [-0.39, 0.29) is 17.6 Å². The number of benzene rings is 1. The van der Waals surface area contributed by atoms with E-state index < -0.39 is 5.60 Å².